The number of phenolic OH excluding ortho intramolecular Hbond substituents is 1. The van der Waals surface area contributed by atoms with Crippen LogP contribution in [0.5, 0.6) is 5.75 Å². The Balaban J connectivity index is 2.22. The van der Waals surface area contributed by atoms with Crippen molar-refractivity contribution in [2.75, 3.05) is 13.1 Å². The van der Waals surface area contributed by atoms with Gasteiger partial charge in [0.1, 0.15) is 5.75 Å². The third kappa shape index (κ3) is 4.21. The van der Waals surface area contributed by atoms with Gasteiger partial charge >= 0.3 is 0 Å². The van der Waals surface area contributed by atoms with Gasteiger partial charge in [-0.15, -0.1) is 0 Å². The molecule has 0 radical (unpaired) electrons. The van der Waals surface area contributed by atoms with Gasteiger partial charge in [-0.3, -0.25) is 4.99 Å². The zero-order valence-electron chi connectivity index (χ0n) is 12.8. The molecule has 1 aliphatic rings. The van der Waals surface area contributed by atoms with E-state index in [0.29, 0.717) is 12.1 Å². The summed E-state index contributed by atoms with van der Waals surface area (Å²) in [5.41, 5.74) is 1.47. The minimum absolute atomic E-state index is 0.158. The lowest BCUT2D eigenvalue weighted by molar-refractivity contribution is 0.142. The third-order valence-electron chi connectivity index (χ3n) is 3.79. The molecule has 0 aromatic heterocycles. The maximum Gasteiger partial charge on any atom is 0.124 e. The Hall–Kier alpha value is -2.07. The number of rotatable bonds is 7. The van der Waals surface area contributed by atoms with Crippen LogP contribution in [0.3, 0.4) is 0 Å². The number of aliphatic hydroxyl groups excluding tert-OH is 1. The highest BCUT2D eigenvalue weighted by molar-refractivity contribution is 6.05. The Labute approximate surface area is 131 Å². The van der Waals surface area contributed by atoms with Crippen molar-refractivity contribution in [3.05, 3.63) is 54.8 Å². The van der Waals surface area contributed by atoms with Crippen molar-refractivity contribution in [2.45, 2.75) is 25.4 Å². The molecule has 0 saturated heterocycles. The second kappa shape index (κ2) is 8.39. The lowest BCUT2D eigenvalue weighted by atomic mass is 9.85. The molecule has 118 valence electrons. The lowest BCUT2D eigenvalue weighted by Gasteiger charge is -2.25. The Morgan fingerprint density at radius 3 is 2.95 bits per heavy atom. The van der Waals surface area contributed by atoms with E-state index < -0.39 is 6.10 Å². The summed E-state index contributed by atoms with van der Waals surface area (Å²) in [5, 5.41) is 23.5. The van der Waals surface area contributed by atoms with Gasteiger partial charge in [-0.25, -0.2) is 0 Å². The second-order valence-electron chi connectivity index (χ2n) is 5.39. The number of aliphatic hydroxyl groups is 1. The van der Waals surface area contributed by atoms with E-state index in [1.807, 2.05) is 18.2 Å². The van der Waals surface area contributed by atoms with Crippen LogP contribution in [0.15, 0.2) is 54.2 Å². The van der Waals surface area contributed by atoms with Gasteiger partial charge in [0, 0.05) is 24.6 Å². The van der Waals surface area contributed by atoms with Crippen LogP contribution >= 0.6 is 0 Å². The van der Waals surface area contributed by atoms with Crippen molar-refractivity contribution in [3.63, 3.8) is 0 Å². The number of benzene rings is 1. The summed E-state index contributed by atoms with van der Waals surface area (Å²) in [4.78, 5) is 4.67. The molecule has 2 unspecified atom stereocenters. The average Bonchev–Trinajstić information content (AvgIpc) is 2.53. The molecular formula is C18H24N2O2. The first kappa shape index (κ1) is 16.3. The molecule has 0 aliphatic heterocycles. The number of allylic oxidation sites excluding steroid dienone is 1. The Bertz CT molecular complexity index is 552. The van der Waals surface area contributed by atoms with E-state index in [-0.39, 0.29) is 11.7 Å². The Morgan fingerprint density at radius 2 is 2.23 bits per heavy atom. The van der Waals surface area contributed by atoms with E-state index in [2.05, 4.69) is 23.0 Å². The smallest absolute Gasteiger partial charge is 0.124 e. The fourth-order valence-corrected chi connectivity index (χ4v) is 2.63. The molecule has 0 saturated carbocycles. The quantitative estimate of drug-likeness (QED) is 0.412. The van der Waals surface area contributed by atoms with Crippen LogP contribution in [-0.2, 0) is 0 Å². The van der Waals surface area contributed by atoms with E-state index >= 15 is 0 Å². The van der Waals surface area contributed by atoms with E-state index in [1.54, 1.807) is 18.3 Å². The van der Waals surface area contributed by atoms with Gasteiger partial charge < -0.3 is 15.5 Å². The number of aromatic hydroxyl groups is 1. The first-order chi connectivity index (χ1) is 10.7. The highest BCUT2D eigenvalue weighted by atomic mass is 16.3. The van der Waals surface area contributed by atoms with Gasteiger partial charge in [0.15, 0.2) is 0 Å². The summed E-state index contributed by atoms with van der Waals surface area (Å²) in [5.74, 6) is 0.0473. The number of aliphatic imine (C=N–C) groups is 1. The predicted octanol–water partition coefficient (Wildman–Crippen LogP) is 2.63. The minimum Gasteiger partial charge on any atom is -0.507 e. The molecule has 2 rings (SSSR count). The summed E-state index contributed by atoms with van der Waals surface area (Å²) >= 11 is 0. The number of nitrogens with one attached hydrogen (secondary N) is 1. The second-order valence-corrected chi connectivity index (χ2v) is 5.39. The molecule has 3 N–H and O–H groups in total. The molecule has 0 fully saturated rings. The fourth-order valence-electron chi connectivity index (χ4n) is 2.63. The highest BCUT2D eigenvalue weighted by Crippen LogP contribution is 2.27. The summed E-state index contributed by atoms with van der Waals surface area (Å²) in [6.45, 7) is 5.06. The van der Waals surface area contributed by atoms with Crippen LogP contribution in [0.4, 0.5) is 0 Å². The van der Waals surface area contributed by atoms with Crippen LogP contribution < -0.4 is 5.32 Å². The number of hydrogen-bond acceptors (Lipinski definition) is 4. The van der Waals surface area contributed by atoms with Crippen LogP contribution in [0.2, 0.25) is 0 Å². The maximum absolute atomic E-state index is 10.3. The summed E-state index contributed by atoms with van der Waals surface area (Å²) in [6.07, 6.45) is 7.78. The van der Waals surface area contributed by atoms with Crippen molar-refractivity contribution < 1.29 is 10.2 Å². The number of hydrogen-bond donors (Lipinski definition) is 3. The number of para-hydroxylation sites is 1. The van der Waals surface area contributed by atoms with Crippen molar-refractivity contribution in [1.82, 2.24) is 5.32 Å². The van der Waals surface area contributed by atoms with Gasteiger partial charge in [-0.2, -0.15) is 0 Å². The number of phenols is 1. The predicted molar refractivity (Wildman–Crippen MR) is 90.2 cm³/mol. The molecule has 22 heavy (non-hydrogen) atoms. The molecule has 2 atom stereocenters. The van der Waals surface area contributed by atoms with Crippen LogP contribution in [0.1, 0.15) is 24.8 Å². The lowest BCUT2D eigenvalue weighted by Crippen LogP contribution is -2.29. The van der Waals surface area contributed by atoms with Crippen LogP contribution in [-0.4, -0.2) is 35.1 Å². The van der Waals surface area contributed by atoms with Gasteiger partial charge in [0.25, 0.3) is 0 Å². The Kier molecular flexibility index (Phi) is 6.22. The zero-order valence-corrected chi connectivity index (χ0v) is 12.8. The molecule has 0 bridgehead atoms. The third-order valence-corrected chi connectivity index (χ3v) is 3.79. The molecular weight excluding hydrogens is 276 g/mol. The van der Waals surface area contributed by atoms with Gasteiger partial charge in [-0.05, 0) is 37.6 Å². The van der Waals surface area contributed by atoms with Gasteiger partial charge in [-0.1, -0.05) is 30.9 Å². The highest BCUT2D eigenvalue weighted by Gasteiger charge is 2.26. The van der Waals surface area contributed by atoms with Crippen molar-refractivity contribution in [3.8, 4) is 5.75 Å². The van der Waals surface area contributed by atoms with Crippen molar-refractivity contribution in [1.29, 1.82) is 0 Å². The zero-order chi connectivity index (χ0) is 15.8. The topological polar surface area (TPSA) is 64.9 Å². The summed E-state index contributed by atoms with van der Waals surface area (Å²) in [6, 6.07) is 7.18. The standard InChI is InChI=1S/C18H24N2O2/c1-2-19-12-7-13-20-18(14-8-3-5-10-16(14)21)15-9-4-6-11-17(15)22/h2-5,8-10,15,17,19,21-22H,1,6-7,11-13H2/b20-18-. The molecule has 1 aromatic rings. The molecule has 1 aliphatic carbocycles. The van der Waals surface area contributed by atoms with E-state index in [4.69, 9.17) is 0 Å². The van der Waals surface area contributed by atoms with E-state index in [9.17, 15) is 10.2 Å². The van der Waals surface area contributed by atoms with Crippen LogP contribution in [0.25, 0.3) is 0 Å². The largest absolute Gasteiger partial charge is 0.507 e. The van der Waals surface area contributed by atoms with E-state index in [1.165, 1.54) is 0 Å². The Morgan fingerprint density at radius 1 is 1.41 bits per heavy atom. The summed E-state index contributed by atoms with van der Waals surface area (Å²) in [7, 11) is 0. The molecule has 0 amide bonds. The number of nitrogens with zero attached hydrogens (tertiary/aromatic N) is 1. The minimum atomic E-state index is -0.449. The molecule has 0 heterocycles. The van der Waals surface area contributed by atoms with Crippen molar-refractivity contribution >= 4 is 5.71 Å². The molecule has 4 heteroatoms. The van der Waals surface area contributed by atoms with Gasteiger partial charge in [0.05, 0.1) is 11.8 Å². The normalized spacial score (nSPS) is 21.6. The fraction of sp³-hybridized carbons (Fsp3) is 0.389. The van der Waals surface area contributed by atoms with Crippen molar-refractivity contribution in [2.24, 2.45) is 10.9 Å². The van der Waals surface area contributed by atoms with Gasteiger partial charge in [0.2, 0.25) is 0 Å². The molecule has 4 nitrogen and oxygen atoms in total. The monoisotopic (exact) mass is 300 g/mol. The molecule has 0 spiro atoms. The first-order valence-electron chi connectivity index (χ1n) is 7.75. The average molecular weight is 300 g/mol. The van der Waals surface area contributed by atoms with Crippen LogP contribution in [0, 0.1) is 5.92 Å². The first-order valence-corrected chi connectivity index (χ1v) is 7.75. The summed E-state index contributed by atoms with van der Waals surface area (Å²) < 4.78 is 0. The SMILES string of the molecule is C=CNCCC/N=C(/c1ccccc1O)C1C=CCCC1O. The maximum atomic E-state index is 10.3. The van der Waals surface area contributed by atoms with E-state index in [0.717, 1.165) is 31.5 Å². The molecule has 1 aromatic carbocycles.